The van der Waals surface area contributed by atoms with Gasteiger partial charge >= 0.3 is 0 Å². The summed E-state index contributed by atoms with van der Waals surface area (Å²) < 4.78 is 0. The van der Waals surface area contributed by atoms with Gasteiger partial charge in [0.15, 0.2) is 6.29 Å². The monoisotopic (exact) mass is 205 g/mol. The maximum absolute atomic E-state index is 10.4. The van der Waals surface area contributed by atoms with Crippen LogP contribution in [0, 0.1) is 5.92 Å². The highest BCUT2D eigenvalue weighted by Gasteiger charge is 2.19. The molecule has 4 nitrogen and oxygen atoms in total. The second-order valence-electron chi connectivity index (χ2n) is 4.11. The van der Waals surface area contributed by atoms with Crippen molar-refractivity contribution in [3.8, 4) is 0 Å². The summed E-state index contributed by atoms with van der Waals surface area (Å²) in [5.74, 6) is 1.50. The SMILES string of the molecule is CN(CC1CCC1)c1ncc(C=O)cn1. The number of aromatic nitrogens is 2. The third-order valence-corrected chi connectivity index (χ3v) is 2.89. The summed E-state index contributed by atoms with van der Waals surface area (Å²) in [6.45, 7) is 1.01. The lowest BCUT2D eigenvalue weighted by atomic mass is 9.85. The van der Waals surface area contributed by atoms with E-state index in [-0.39, 0.29) is 0 Å². The van der Waals surface area contributed by atoms with E-state index in [0.29, 0.717) is 11.5 Å². The smallest absolute Gasteiger partial charge is 0.225 e. The molecule has 1 aliphatic carbocycles. The van der Waals surface area contributed by atoms with Gasteiger partial charge in [-0.2, -0.15) is 0 Å². The Hall–Kier alpha value is -1.45. The molecule has 0 N–H and O–H groups in total. The fourth-order valence-electron chi connectivity index (χ4n) is 1.73. The third kappa shape index (κ3) is 2.32. The summed E-state index contributed by atoms with van der Waals surface area (Å²) in [7, 11) is 1.99. The molecular formula is C11H15N3O. The Labute approximate surface area is 89.3 Å². The summed E-state index contributed by atoms with van der Waals surface area (Å²) in [6, 6.07) is 0. The van der Waals surface area contributed by atoms with Crippen LogP contribution in [0.3, 0.4) is 0 Å². The Morgan fingerprint density at radius 1 is 1.47 bits per heavy atom. The average molecular weight is 205 g/mol. The zero-order valence-corrected chi connectivity index (χ0v) is 8.89. The largest absolute Gasteiger partial charge is 0.344 e. The second kappa shape index (κ2) is 4.38. The number of hydrogen-bond acceptors (Lipinski definition) is 4. The Kier molecular flexibility index (Phi) is 2.94. The summed E-state index contributed by atoms with van der Waals surface area (Å²) >= 11 is 0. The minimum absolute atomic E-state index is 0.524. The van der Waals surface area contributed by atoms with Gasteiger partial charge in [0.05, 0.1) is 5.56 Å². The van der Waals surface area contributed by atoms with Crippen molar-refractivity contribution in [1.82, 2.24) is 9.97 Å². The van der Waals surface area contributed by atoms with Gasteiger partial charge in [0.25, 0.3) is 0 Å². The number of hydrogen-bond donors (Lipinski definition) is 0. The molecule has 0 atom stereocenters. The molecule has 0 radical (unpaired) electrons. The van der Waals surface area contributed by atoms with Crippen molar-refractivity contribution in [3.63, 3.8) is 0 Å². The molecule has 1 aliphatic rings. The topological polar surface area (TPSA) is 46.1 Å². The van der Waals surface area contributed by atoms with Gasteiger partial charge in [-0.15, -0.1) is 0 Å². The van der Waals surface area contributed by atoms with E-state index in [1.165, 1.54) is 19.3 Å². The first-order valence-corrected chi connectivity index (χ1v) is 5.28. The third-order valence-electron chi connectivity index (χ3n) is 2.89. The Morgan fingerprint density at radius 3 is 2.60 bits per heavy atom. The molecule has 80 valence electrons. The summed E-state index contributed by atoms with van der Waals surface area (Å²) in [5.41, 5.74) is 0.524. The first kappa shape index (κ1) is 10.1. The van der Waals surface area contributed by atoms with E-state index < -0.39 is 0 Å². The van der Waals surface area contributed by atoms with Crippen molar-refractivity contribution < 1.29 is 4.79 Å². The van der Waals surface area contributed by atoms with Crippen LogP contribution in [-0.4, -0.2) is 29.8 Å². The molecule has 15 heavy (non-hydrogen) atoms. The molecule has 0 aliphatic heterocycles. The number of anilines is 1. The van der Waals surface area contributed by atoms with Crippen molar-refractivity contribution in [3.05, 3.63) is 18.0 Å². The van der Waals surface area contributed by atoms with Crippen molar-refractivity contribution in [2.75, 3.05) is 18.5 Å². The molecule has 1 saturated carbocycles. The molecule has 1 fully saturated rings. The molecule has 0 saturated heterocycles. The van der Waals surface area contributed by atoms with Gasteiger partial charge in [-0.3, -0.25) is 4.79 Å². The standard InChI is InChI=1S/C11H15N3O/c1-14(7-9-3-2-4-9)11-12-5-10(8-15)6-13-11/h5-6,8-9H,2-4,7H2,1H3. The van der Waals surface area contributed by atoms with E-state index >= 15 is 0 Å². The van der Waals surface area contributed by atoms with Crippen LogP contribution in [0.4, 0.5) is 5.95 Å². The fraction of sp³-hybridized carbons (Fsp3) is 0.545. The van der Waals surface area contributed by atoms with Gasteiger partial charge in [-0.1, -0.05) is 6.42 Å². The lowest BCUT2D eigenvalue weighted by Crippen LogP contribution is -2.30. The molecule has 0 spiro atoms. The quantitative estimate of drug-likeness (QED) is 0.699. The van der Waals surface area contributed by atoms with E-state index in [2.05, 4.69) is 14.9 Å². The molecule has 0 unspecified atom stereocenters. The zero-order valence-electron chi connectivity index (χ0n) is 8.89. The first-order valence-electron chi connectivity index (χ1n) is 5.28. The van der Waals surface area contributed by atoms with Crippen LogP contribution in [0.2, 0.25) is 0 Å². The summed E-state index contributed by atoms with van der Waals surface area (Å²) in [6.07, 6.45) is 7.87. The van der Waals surface area contributed by atoms with Crippen LogP contribution in [0.5, 0.6) is 0 Å². The van der Waals surface area contributed by atoms with E-state index in [0.717, 1.165) is 18.7 Å². The van der Waals surface area contributed by atoms with Crippen LogP contribution < -0.4 is 4.90 Å². The normalized spacial score (nSPS) is 15.8. The molecule has 1 heterocycles. The second-order valence-corrected chi connectivity index (χ2v) is 4.11. The Morgan fingerprint density at radius 2 is 2.13 bits per heavy atom. The van der Waals surface area contributed by atoms with E-state index in [1.54, 1.807) is 12.4 Å². The highest BCUT2D eigenvalue weighted by molar-refractivity contribution is 5.73. The average Bonchev–Trinajstić information content (AvgIpc) is 2.23. The van der Waals surface area contributed by atoms with Crippen LogP contribution in [-0.2, 0) is 0 Å². The van der Waals surface area contributed by atoms with Crippen molar-refractivity contribution in [2.24, 2.45) is 5.92 Å². The van der Waals surface area contributed by atoms with Crippen LogP contribution in [0.25, 0.3) is 0 Å². The van der Waals surface area contributed by atoms with Crippen molar-refractivity contribution >= 4 is 12.2 Å². The fourth-order valence-corrected chi connectivity index (χ4v) is 1.73. The van der Waals surface area contributed by atoms with Crippen molar-refractivity contribution in [2.45, 2.75) is 19.3 Å². The predicted octanol–water partition coefficient (Wildman–Crippen LogP) is 1.53. The Bertz CT molecular complexity index is 332. The number of aldehydes is 1. The summed E-state index contributed by atoms with van der Waals surface area (Å²) in [4.78, 5) is 20.8. The molecule has 0 bridgehead atoms. The van der Waals surface area contributed by atoms with E-state index in [1.807, 2.05) is 7.05 Å². The Balaban J connectivity index is 1.97. The lowest BCUT2D eigenvalue weighted by Gasteiger charge is -2.30. The van der Waals surface area contributed by atoms with Gasteiger partial charge in [0.1, 0.15) is 0 Å². The number of carbonyl (C=O) groups is 1. The molecular weight excluding hydrogens is 190 g/mol. The van der Waals surface area contributed by atoms with Crippen LogP contribution >= 0.6 is 0 Å². The summed E-state index contributed by atoms with van der Waals surface area (Å²) in [5, 5.41) is 0. The minimum Gasteiger partial charge on any atom is -0.344 e. The van der Waals surface area contributed by atoms with E-state index in [9.17, 15) is 4.79 Å². The van der Waals surface area contributed by atoms with Crippen molar-refractivity contribution in [1.29, 1.82) is 0 Å². The first-order chi connectivity index (χ1) is 7.29. The molecule has 1 aromatic rings. The number of rotatable bonds is 4. The molecule has 1 aromatic heterocycles. The molecule has 0 amide bonds. The van der Waals surface area contributed by atoms with Crippen LogP contribution in [0.1, 0.15) is 29.6 Å². The predicted molar refractivity (Wildman–Crippen MR) is 58.0 cm³/mol. The number of carbonyl (C=O) groups excluding carboxylic acids is 1. The lowest BCUT2D eigenvalue weighted by molar-refractivity contribution is 0.112. The zero-order chi connectivity index (χ0) is 10.7. The molecule has 4 heteroatoms. The minimum atomic E-state index is 0.524. The highest BCUT2D eigenvalue weighted by atomic mass is 16.1. The van der Waals surface area contributed by atoms with Gasteiger partial charge in [-0.25, -0.2) is 9.97 Å². The maximum atomic E-state index is 10.4. The van der Waals surface area contributed by atoms with Crippen LogP contribution in [0.15, 0.2) is 12.4 Å². The van der Waals surface area contributed by atoms with Gasteiger partial charge in [-0.05, 0) is 18.8 Å². The number of nitrogens with zero attached hydrogens (tertiary/aromatic N) is 3. The highest BCUT2D eigenvalue weighted by Crippen LogP contribution is 2.27. The molecule has 0 aromatic carbocycles. The van der Waals surface area contributed by atoms with Gasteiger partial charge in [0, 0.05) is 26.0 Å². The molecule has 2 rings (SSSR count). The maximum Gasteiger partial charge on any atom is 0.225 e. The van der Waals surface area contributed by atoms with Gasteiger partial charge < -0.3 is 4.90 Å². The van der Waals surface area contributed by atoms with Gasteiger partial charge in [0.2, 0.25) is 5.95 Å². The van der Waals surface area contributed by atoms with E-state index in [4.69, 9.17) is 0 Å².